The summed E-state index contributed by atoms with van der Waals surface area (Å²) in [5, 5.41) is 4.89. The normalized spacial score (nSPS) is 28.7. The van der Waals surface area contributed by atoms with Crippen LogP contribution in [0.4, 0.5) is 0 Å². The van der Waals surface area contributed by atoms with Crippen LogP contribution >= 0.6 is 12.2 Å². The van der Waals surface area contributed by atoms with E-state index in [9.17, 15) is 0 Å². The number of thiocarbonyl (C=S) groups is 1. The van der Waals surface area contributed by atoms with E-state index in [1.165, 1.54) is 0 Å². The molecule has 0 bridgehead atoms. The lowest BCUT2D eigenvalue weighted by molar-refractivity contribution is 0.215. The van der Waals surface area contributed by atoms with Crippen molar-refractivity contribution in [2.45, 2.75) is 6.17 Å². The Labute approximate surface area is 59.5 Å². The molecule has 0 aromatic carbocycles. The summed E-state index contributed by atoms with van der Waals surface area (Å²) < 4.78 is 0. The molecule has 3 N–H and O–H groups in total. The number of hydrazine groups is 2. The number of likely N-dealkylation sites (N-methyl/N-ethyl adjacent to an activating group) is 2. The summed E-state index contributed by atoms with van der Waals surface area (Å²) in [6, 6.07) is 0. The minimum atomic E-state index is 0.125. The maximum atomic E-state index is 4.94. The van der Waals surface area contributed by atoms with E-state index in [1.54, 1.807) is 0 Å². The van der Waals surface area contributed by atoms with Crippen LogP contribution in [0.15, 0.2) is 0 Å². The Morgan fingerprint density at radius 2 is 2.44 bits per heavy atom. The van der Waals surface area contributed by atoms with Gasteiger partial charge in [-0.1, -0.05) is 12.2 Å². The predicted octanol–water partition coefficient (Wildman–Crippen LogP) is -1.19. The molecule has 0 radical (unpaired) electrons. The summed E-state index contributed by atoms with van der Waals surface area (Å²) in [6.45, 7) is 0. The average Bonchev–Trinajstić information content (AvgIpc) is 2.12. The van der Waals surface area contributed by atoms with E-state index >= 15 is 0 Å². The molecule has 1 rings (SSSR count). The van der Waals surface area contributed by atoms with Crippen LogP contribution < -0.4 is 16.3 Å². The first kappa shape index (κ1) is 6.88. The standard InChI is InChI=1S/C4H10N4S/c1-5-3-4(9)6-7-8(3)2/h3,5,7H,1-2H3,(H,6,9). The molecule has 0 aromatic rings. The highest BCUT2D eigenvalue weighted by Gasteiger charge is 2.23. The number of nitrogens with zero attached hydrogens (tertiary/aromatic N) is 1. The minimum Gasteiger partial charge on any atom is -0.299 e. The van der Waals surface area contributed by atoms with Gasteiger partial charge in [-0.05, 0) is 7.05 Å². The van der Waals surface area contributed by atoms with E-state index in [0.717, 1.165) is 4.99 Å². The van der Waals surface area contributed by atoms with Gasteiger partial charge in [0.05, 0.1) is 0 Å². The number of hydrogen-bond acceptors (Lipinski definition) is 4. The third-order valence-electron chi connectivity index (χ3n) is 1.26. The van der Waals surface area contributed by atoms with Crippen molar-refractivity contribution in [3.05, 3.63) is 0 Å². The van der Waals surface area contributed by atoms with Crippen LogP contribution in [0.3, 0.4) is 0 Å². The van der Waals surface area contributed by atoms with Crippen molar-refractivity contribution in [1.29, 1.82) is 0 Å². The molecule has 1 aliphatic rings. The molecule has 0 saturated carbocycles. The third-order valence-corrected chi connectivity index (χ3v) is 1.59. The average molecular weight is 146 g/mol. The van der Waals surface area contributed by atoms with E-state index in [4.69, 9.17) is 12.2 Å². The minimum absolute atomic E-state index is 0.125. The van der Waals surface area contributed by atoms with Gasteiger partial charge in [-0.2, -0.15) is 5.53 Å². The molecule has 4 nitrogen and oxygen atoms in total. The summed E-state index contributed by atoms with van der Waals surface area (Å²) in [4.78, 5) is 0.778. The van der Waals surface area contributed by atoms with Gasteiger partial charge in [-0.25, -0.2) is 5.01 Å². The maximum absolute atomic E-state index is 4.94. The lowest BCUT2D eigenvalue weighted by Crippen LogP contribution is -2.43. The molecule has 9 heavy (non-hydrogen) atoms. The Kier molecular flexibility index (Phi) is 1.97. The summed E-state index contributed by atoms with van der Waals surface area (Å²) in [5.41, 5.74) is 5.66. The van der Waals surface area contributed by atoms with E-state index < -0.39 is 0 Å². The monoisotopic (exact) mass is 146 g/mol. The fourth-order valence-corrected chi connectivity index (χ4v) is 1.10. The van der Waals surface area contributed by atoms with Gasteiger partial charge in [0.25, 0.3) is 0 Å². The van der Waals surface area contributed by atoms with Crippen molar-refractivity contribution < 1.29 is 0 Å². The zero-order chi connectivity index (χ0) is 6.85. The molecule has 5 heteroatoms. The number of hydrogen-bond donors (Lipinski definition) is 3. The van der Waals surface area contributed by atoms with Gasteiger partial charge >= 0.3 is 0 Å². The highest BCUT2D eigenvalue weighted by Crippen LogP contribution is 1.94. The fourth-order valence-electron chi connectivity index (χ4n) is 0.777. The summed E-state index contributed by atoms with van der Waals surface area (Å²) in [6.07, 6.45) is 0.125. The second kappa shape index (κ2) is 2.57. The van der Waals surface area contributed by atoms with Crippen LogP contribution in [-0.4, -0.2) is 30.3 Å². The molecular formula is C4H10N4S. The molecule has 1 aliphatic heterocycles. The molecule has 0 aliphatic carbocycles. The SMILES string of the molecule is CNC1C(=S)NNN1C. The molecular weight excluding hydrogens is 136 g/mol. The third kappa shape index (κ3) is 1.19. The molecule has 1 saturated heterocycles. The predicted molar refractivity (Wildman–Crippen MR) is 39.5 cm³/mol. The molecule has 1 unspecified atom stereocenters. The largest absolute Gasteiger partial charge is 0.299 e. The molecule has 0 aromatic heterocycles. The zero-order valence-electron chi connectivity index (χ0n) is 5.43. The molecule has 0 amide bonds. The van der Waals surface area contributed by atoms with Gasteiger partial charge in [0.15, 0.2) is 0 Å². The van der Waals surface area contributed by atoms with Crippen LogP contribution in [0.5, 0.6) is 0 Å². The van der Waals surface area contributed by atoms with Crippen LogP contribution in [0.25, 0.3) is 0 Å². The van der Waals surface area contributed by atoms with E-state index in [-0.39, 0.29) is 6.17 Å². The van der Waals surface area contributed by atoms with Gasteiger partial charge in [-0.3, -0.25) is 10.7 Å². The fraction of sp³-hybridized carbons (Fsp3) is 0.750. The molecule has 0 spiro atoms. The van der Waals surface area contributed by atoms with E-state index in [0.29, 0.717) is 0 Å². The molecule has 1 heterocycles. The van der Waals surface area contributed by atoms with Crippen LogP contribution in [0.2, 0.25) is 0 Å². The van der Waals surface area contributed by atoms with Crippen LogP contribution in [-0.2, 0) is 0 Å². The Balaban J connectivity index is 2.55. The summed E-state index contributed by atoms with van der Waals surface area (Å²) in [7, 11) is 3.77. The second-order valence-corrected chi connectivity index (χ2v) is 2.34. The molecule has 1 fully saturated rings. The van der Waals surface area contributed by atoms with E-state index in [2.05, 4.69) is 16.3 Å². The smallest absolute Gasteiger partial charge is 0.127 e. The zero-order valence-corrected chi connectivity index (χ0v) is 6.25. The van der Waals surface area contributed by atoms with Gasteiger partial charge in [0.2, 0.25) is 0 Å². The van der Waals surface area contributed by atoms with Gasteiger partial charge < -0.3 is 0 Å². The Hall–Kier alpha value is -0.230. The number of rotatable bonds is 1. The van der Waals surface area contributed by atoms with Gasteiger partial charge in [0.1, 0.15) is 11.2 Å². The highest BCUT2D eigenvalue weighted by molar-refractivity contribution is 7.80. The van der Waals surface area contributed by atoms with Crippen molar-refractivity contribution in [1.82, 2.24) is 21.3 Å². The Morgan fingerprint density at radius 3 is 2.67 bits per heavy atom. The lowest BCUT2D eigenvalue weighted by atomic mass is 10.5. The Morgan fingerprint density at radius 1 is 1.78 bits per heavy atom. The van der Waals surface area contributed by atoms with Gasteiger partial charge in [0, 0.05) is 7.05 Å². The highest BCUT2D eigenvalue weighted by atomic mass is 32.1. The maximum Gasteiger partial charge on any atom is 0.127 e. The van der Waals surface area contributed by atoms with Gasteiger partial charge in [-0.15, -0.1) is 0 Å². The quantitative estimate of drug-likeness (QED) is 0.406. The summed E-state index contributed by atoms with van der Waals surface area (Å²) in [5.74, 6) is 0. The summed E-state index contributed by atoms with van der Waals surface area (Å²) >= 11 is 4.94. The Bertz CT molecular complexity index is 126. The first-order valence-electron chi connectivity index (χ1n) is 2.71. The van der Waals surface area contributed by atoms with E-state index in [1.807, 2.05) is 19.1 Å². The van der Waals surface area contributed by atoms with Crippen molar-refractivity contribution in [2.24, 2.45) is 0 Å². The lowest BCUT2D eigenvalue weighted by Gasteiger charge is -2.14. The first-order valence-corrected chi connectivity index (χ1v) is 3.12. The van der Waals surface area contributed by atoms with Crippen LogP contribution in [0.1, 0.15) is 0 Å². The van der Waals surface area contributed by atoms with Crippen molar-refractivity contribution in [3.63, 3.8) is 0 Å². The number of nitrogens with one attached hydrogen (secondary N) is 3. The van der Waals surface area contributed by atoms with Crippen molar-refractivity contribution >= 4 is 17.2 Å². The first-order chi connectivity index (χ1) is 4.25. The van der Waals surface area contributed by atoms with Crippen LogP contribution in [0, 0.1) is 0 Å². The topological polar surface area (TPSA) is 39.3 Å². The second-order valence-electron chi connectivity index (χ2n) is 1.90. The molecule has 52 valence electrons. The van der Waals surface area contributed by atoms with Crippen molar-refractivity contribution in [3.8, 4) is 0 Å². The van der Waals surface area contributed by atoms with Crippen molar-refractivity contribution in [2.75, 3.05) is 14.1 Å². The molecule has 1 atom stereocenters.